The fraction of sp³-hybridized carbons (Fsp3) is 0.333. The molecule has 3 rings (SSSR count). The number of nitrogens with one attached hydrogen (secondary N) is 1. The molecule has 1 aliphatic carbocycles. The minimum absolute atomic E-state index is 0.0494. The molecule has 20 heavy (non-hydrogen) atoms. The maximum atomic E-state index is 13.1. The number of aromatic nitrogens is 1. The number of fused-ring (bicyclic) bond motifs is 1. The van der Waals surface area contributed by atoms with E-state index in [2.05, 4.69) is 4.98 Å². The van der Waals surface area contributed by atoms with Crippen LogP contribution in [0.1, 0.15) is 29.6 Å². The number of aromatic amines is 1. The van der Waals surface area contributed by atoms with Crippen molar-refractivity contribution in [2.45, 2.75) is 19.3 Å². The second kappa shape index (κ2) is 4.74. The first-order valence-corrected chi connectivity index (χ1v) is 6.60. The number of carbonyl (C=O) groups is 2. The van der Waals surface area contributed by atoms with E-state index in [1.165, 1.54) is 12.1 Å². The quantitative estimate of drug-likeness (QED) is 0.846. The number of halogens is 1. The summed E-state index contributed by atoms with van der Waals surface area (Å²) in [6, 6.07) is 4.25. The van der Waals surface area contributed by atoms with Crippen LogP contribution in [0.4, 0.5) is 4.39 Å². The van der Waals surface area contributed by atoms with E-state index in [9.17, 15) is 14.0 Å². The molecule has 2 N–H and O–H groups in total. The lowest BCUT2D eigenvalue weighted by molar-refractivity contribution is -0.141. The molecule has 5 heteroatoms. The van der Waals surface area contributed by atoms with Gasteiger partial charge in [0, 0.05) is 28.6 Å². The lowest BCUT2D eigenvalue weighted by Gasteiger charge is -2.07. The summed E-state index contributed by atoms with van der Waals surface area (Å²) < 4.78 is 13.1. The minimum atomic E-state index is -0.832. The topological polar surface area (TPSA) is 70.2 Å². The van der Waals surface area contributed by atoms with Crippen molar-refractivity contribution in [3.8, 4) is 0 Å². The monoisotopic (exact) mass is 275 g/mol. The van der Waals surface area contributed by atoms with E-state index in [0.29, 0.717) is 35.7 Å². The predicted octanol–water partition coefficient (Wildman–Crippen LogP) is 2.99. The lowest BCUT2D eigenvalue weighted by atomic mass is 9.95. The van der Waals surface area contributed by atoms with Gasteiger partial charge in [-0.3, -0.25) is 9.59 Å². The average Bonchev–Trinajstić information content (AvgIpc) is 3.04. The van der Waals surface area contributed by atoms with Crippen LogP contribution in [0.3, 0.4) is 0 Å². The number of hydrogen-bond donors (Lipinski definition) is 2. The van der Waals surface area contributed by atoms with Crippen molar-refractivity contribution in [2.24, 2.45) is 11.8 Å². The van der Waals surface area contributed by atoms with Gasteiger partial charge in [0.05, 0.1) is 5.92 Å². The summed E-state index contributed by atoms with van der Waals surface area (Å²) in [5.74, 6) is -1.91. The molecule has 2 atom stereocenters. The van der Waals surface area contributed by atoms with Crippen LogP contribution in [0.15, 0.2) is 24.4 Å². The predicted molar refractivity (Wildman–Crippen MR) is 71.1 cm³/mol. The molecule has 104 valence electrons. The number of benzene rings is 1. The molecule has 1 aromatic carbocycles. The molecule has 1 aromatic heterocycles. The van der Waals surface area contributed by atoms with Gasteiger partial charge in [0.25, 0.3) is 0 Å². The van der Waals surface area contributed by atoms with E-state index in [1.807, 2.05) is 0 Å². The highest BCUT2D eigenvalue weighted by molar-refractivity contribution is 6.09. The summed E-state index contributed by atoms with van der Waals surface area (Å²) >= 11 is 0. The van der Waals surface area contributed by atoms with Crippen LogP contribution in [-0.4, -0.2) is 21.8 Å². The smallest absolute Gasteiger partial charge is 0.306 e. The molecule has 2 unspecified atom stereocenters. The Morgan fingerprint density at radius 2 is 2.00 bits per heavy atom. The number of Topliss-reactive ketones (excluding diaryl/α,β-unsaturated/α-hetero) is 1. The highest BCUT2D eigenvalue weighted by atomic mass is 19.1. The van der Waals surface area contributed by atoms with Gasteiger partial charge in [-0.25, -0.2) is 4.39 Å². The Hall–Kier alpha value is -2.17. The van der Waals surface area contributed by atoms with Gasteiger partial charge in [-0.2, -0.15) is 0 Å². The molecule has 0 bridgehead atoms. The van der Waals surface area contributed by atoms with Crippen molar-refractivity contribution in [1.82, 2.24) is 4.98 Å². The van der Waals surface area contributed by atoms with Crippen LogP contribution in [0.25, 0.3) is 10.9 Å². The van der Waals surface area contributed by atoms with Crippen LogP contribution in [0, 0.1) is 17.7 Å². The Bertz CT molecular complexity index is 691. The minimum Gasteiger partial charge on any atom is -0.481 e. The highest BCUT2D eigenvalue weighted by Crippen LogP contribution is 2.34. The third kappa shape index (κ3) is 2.09. The summed E-state index contributed by atoms with van der Waals surface area (Å²) in [4.78, 5) is 26.3. The Balaban J connectivity index is 1.88. The lowest BCUT2D eigenvalue weighted by Crippen LogP contribution is -2.14. The second-order valence-electron chi connectivity index (χ2n) is 5.30. The van der Waals surface area contributed by atoms with Gasteiger partial charge in [0.1, 0.15) is 5.82 Å². The van der Waals surface area contributed by atoms with Gasteiger partial charge in [-0.15, -0.1) is 0 Å². The van der Waals surface area contributed by atoms with Gasteiger partial charge in [-0.1, -0.05) is 0 Å². The molecule has 0 aliphatic heterocycles. The Labute approximate surface area is 114 Å². The number of carboxylic acids is 1. The molecule has 0 radical (unpaired) electrons. The van der Waals surface area contributed by atoms with Crippen LogP contribution in [0.5, 0.6) is 0 Å². The third-order valence-corrected chi connectivity index (χ3v) is 4.06. The van der Waals surface area contributed by atoms with Gasteiger partial charge in [0.2, 0.25) is 0 Å². The van der Waals surface area contributed by atoms with Gasteiger partial charge >= 0.3 is 5.97 Å². The molecule has 1 heterocycles. The number of rotatable bonds is 3. The zero-order valence-electron chi connectivity index (χ0n) is 10.7. The first kappa shape index (κ1) is 12.8. The summed E-state index contributed by atoms with van der Waals surface area (Å²) in [6.45, 7) is 0. The number of carbonyl (C=O) groups excluding carboxylic acids is 1. The fourth-order valence-electron chi connectivity index (χ4n) is 2.97. The summed E-state index contributed by atoms with van der Waals surface area (Å²) in [5, 5.41) is 9.68. The number of carboxylic acid groups (broad SMARTS) is 1. The summed E-state index contributed by atoms with van der Waals surface area (Å²) in [7, 11) is 0. The number of ketones is 1. The van der Waals surface area contributed by atoms with Crippen LogP contribution < -0.4 is 0 Å². The molecular weight excluding hydrogens is 261 g/mol. The Morgan fingerprint density at radius 3 is 2.70 bits per heavy atom. The maximum Gasteiger partial charge on any atom is 0.306 e. The summed E-state index contributed by atoms with van der Waals surface area (Å²) in [5.41, 5.74) is 1.11. The summed E-state index contributed by atoms with van der Waals surface area (Å²) in [6.07, 6.45) is 3.12. The molecule has 2 aromatic rings. The van der Waals surface area contributed by atoms with Gasteiger partial charge in [-0.05, 0) is 37.5 Å². The number of hydrogen-bond acceptors (Lipinski definition) is 2. The molecule has 0 amide bonds. The molecule has 1 aliphatic rings. The van der Waals surface area contributed by atoms with Gasteiger partial charge in [0.15, 0.2) is 5.78 Å². The average molecular weight is 275 g/mol. The van der Waals surface area contributed by atoms with Crippen LogP contribution in [0.2, 0.25) is 0 Å². The zero-order valence-corrected chi connectivity index (χ0v) is 10.7. The molecule has 1 saturated carbocycles. The molecule has 0 saturated heterocycles. The molecule has 4 nitrogen and oxygen atoms in total. The van der Waals surface area contributed by atoms with Crippen molar-refractivity contribution in [2.75, 3.05) is 0 Å². The molecule has 1 fully saturated rings. The maximum absolute atomic E-state index is 13.1. The van der Waals surface area contributed by atoms with Crippen LogP contribution >= 0.6 is 0 Å². The fourth-order valence-corrected chi connectivity index (χ4v) is 2.97. The van der Waals surface area contributed by atoms with E-state index in [4.69, 9.17) is 5.11 Å². The molecule has 0 spiro atoms. The van der Waals surface area contributed by atoms with E-state index < -0.39 is 11.9 Å². The first-order chi connectivity index (χ1) is 9.56. The van der Waals surface area contributed by atoms with E-state index in [1.54, 1.807) is 12.3 Å². The Morgan fingerprint density at radius 1 is 1.25 bits per heavy atom. The standard InChI is InChI=1S/C15H14FNO3/c16-10-3-4-11-12(7-17-13(11)6-10)14(18)8-1-2-9(5-8)15(19)20/h3-4,6-9,17H,1-2,5H2,(H,19,20). The Kier molecular flexibility index (Phi) is 3.04. The second-order valence-corrected chi connectivity index (χ2v) is 5.30. The zero-order chi connectivity index (χ0) is 14.3. The number of aliphatic carboxylic acids is 1. The van der Waals surface area contributed by atoms with Crippen molar-refractivity contribution < 1.29 is 19.1 Å². The normalized spacial score (nSPS) is 22.2. The molecular formula is C15H14FNO3. The highest BCUT2D eigenvalue weighted by Gasteiger charge is 2.34. The van der Waals surface area contributed by atoms with E-state index >= 15 is 0 Å². The largest absolute Gasteiger partial charge is 0.481 e. The first-order valence-electron chi connectivity index (χ1n) is 6.60. The van der Waals surface area contributed by atoms with Crippen molar-refractivity contribution in [1.29, 1.82) is 0 Å². The van der Waals surface area contributed by atoms with Crippen molar-refractivity contribution in [3.63, 3.8) is 0 Å². The van der Waals surface area contributed by atoms with Crippen molar-refractivity contribution in [3.05, 3.63) is 35.8 Å². The van der Waals surface area contributed by atoms with Crippen molar-refractivity contribution >= 4 is 22.7 Å². The van der Waals surface area contributed by atoms with E-state index in [-0.39, 0.29) is 17.5 Å². The van der Waals surface area contributed by atoms with Crippen LogP contribution in [-0.2, 0) is 4.79 Å². The SMILES string of the molecule is O=C(O)C1CCC(C(=O)c2c[nH]c3cc(F)ccc23)C1. The number of H-pyrrole nitrogens is 1. The van der Waals surface area contributed by atoms with E-state index in [0.717, 1.165) is 0 Å². The van der Waals surface area contributed by atoms with Gasteiger partial charge < -0.3 is 10.1 Å². The third-order valence-electron chi connectivity index (χ3n) is 4.06.